The molecule has 1 atom stereocenters. The molecule has 0 radical (unpaired) electrons. The van der Waals surface area contributed by atoms with E-state index in [1.165, 1.54) is 12.4 Å². The van der Waals surface area contributed by atoms with Gasteiger partial charge in [0.25, 0.3) is 5.91 Å². The van der Waals surface area contributed by atoms with Crippen LogP contribution >= 0.6 is 23.2 Å². The molecule has 2 N–H and O–H groups in total. The molecular weight excluding hydrogens is 572 g/mol. The lowest BCUT2D eigenvalue weighted by atomic mass is 9.74. The molecule has 40 heavy (non-hydrogen) atoms. The van der Waals surface area contributed by atoms with Crippen molar-refractivity contribution >= 4 is 40.9 Å². The molecule has 2 aliphatic rings. The number of amides is 1. The SMILES string of the molecule is CC1(C(=O)O)CCC(n2ncc(C(=O)NC(CC(=O)c3c(Cl)cncc3Cl)C3(C)CCCC3)c2C(F)(F)F)CC1. The van der Waals surface area contributed by atoms with E-state index in [4.69, 9.17) is 23.2 Å². The van der Waals surface area contributed by atoms with Crippen molar-refractivity contribution in [3.05, 3.63) is 45.5 Å². The molecule has 4 rings (SSSR count). The zero-order valence-electron chi connectivity index (χ0n) is 22.2. The van der Waals surface area contributed by atoms with Crippen molar-refractivity contribution < 1.29 is 32.7 Å². The molecule has 2 aromatic rings. The first-order valence-electron chi connectivity index (χ1n) is 13.2. The maximum Gasteiger partial charge on any atom is 0.433 e. The summed E-state index contributed by atoms with van der Waals surface area (Å²) in [6.45, 7) is 3.49. The van der Waals surface area contributed by atoms with Gasteiger partial charge < -0.3 is 10.4 Å². The molecule has 2 fully saturated rings. The molecule has 0 saturated heterocycles. The van der Waals surface area contributed by atoms with Crippen LogP contribution in [0.25, 0.3) is 0 Å². The number of aliphatic carboxylic acids is 1. The molecule has 0 bridgehead atoms. The Hall–Kier alpha value is -2.66. The third-order valence-corrected chi connectivity index (χ3v) is 9.22. The monoisotopic (exact) mass is 602 g/mol. The van der Waals surface area contributed by atoms with Gasteiger partial charge in [-0.05, 0) is 50.9 Å². The molecule has 0 aromatic carbocycles. The lowest BCUT2D eigenvalue weighted by Gasteiger charge is -2.35. The van der Waals surface area contributed by atoms with E-state index >= 15 is 0 Å². The minimum Gasteiger partial charge on any atom is -0.481 e. The van der Waals surface area contributed by atoms with E-state index in [-0.39, 0.29) is 47.7 Å². The fourth-order valence-electron chi connectivity index (χ4n) is 5.99. The topological polar surface area (TPSA) is 114 Å². The maximum absolute atomic E-state index is 14.3. The van der Waals surface area contributed by atoms with Gasteiger partial charge in [0.05, 0.1) is 38.8 Å². The Kier molecular flexibility index (Phi) is 8.57. The van der Waals surface area contributed by atoms with E-state index in [9.17, 15) is 32.7 Å². The van der Waals surface area contributed by atoms with Crippen molar-refractivity contribution in [2.45, 2.75) is 89.9 Å². The third-order valence-electron chi connectivity index (χ3n) is 8.64. The number of carboxylic acid groups (broad SMARTS) is 1. The van der Waals surface area contributed by atoms with Crippen molar-refractivity contribution in [1.82, 2.24) is 20.1 Å². The highest BCUT2D eigenvalue weighted by Crippen LogP contribution is 2.45. The number of hydrogen-bond donors (Lipinski definition) is 2. The molecule has 8 nitrogen and oxygen atoms in total. The number of carbonyl (C=O) groups excluding carboxylic acids is 2. The van der Waals surface area contributed by atoms with E-state index in [1.807, 2.05) is 6.92 Å². The Bertz CT molecular complexity index is 1280. The molecule has 2 saturated carbocycles. The summed E-state index contributed by atoms with van der Waals surface area (Å²) in [6, 6.07) is -1.49. The van der Waals surface area contributed by atoms with Gasteiger partial charge >= 0.3 is 12.1 Å². The quantitative estimate of drug-likeness (QED) is 0.323. The van der Waals surface area contributed by atoms with Gasteiger partial charge in [-0.15, -0.1) is 0 Å². The van der Waals surface area contributed by atoms with Crippen molar-refractivity contribution in [2.24, 2.45) is 10.8 Å². The normalized spacial score (nSPS) is 23.5. The summed E-state index contributed by atoms with van der Waals surface area (Å²) < 4.78 is 43.9. The maximum atomic E-state index is 14.3. The first kappa shape index (κ1) is 30.3. The van der Waals surface area contributed by atoms with Crippen LogP contribution in [-0.4, -0.2) is 43.6 Å². The van der Waals surface area contributed by atoms with Gasteiger partial charge in [0, 0.05) is 24.9 Å². The van der Waals surface area contributed by atoms with Crippen LogP contribution in [-0.2, 0) is 11.0 Å². The van der Waals surface area contributed by atoms with Gasteiger partial charge in [-0.2, -0.15) is 18.3 Å². The van der Waals surface area contributed by atoms with E-state index in [0.717, 1.165) is 23.7 Å². The molecular formula is C27H31Cl2F3N4O4. The van der Waals surface area contributed by atoms with Crippen molar-refractivity contribution in [2.75, 3.05) is 0 Å². The summed E-state index contributed by atoms with van der Waals surface area (Å²) in [5.41, 5.74) is -3.32. The summed E-state index contributed by atoms with van der Waals surface area (Å²) in [6.07, 6.45) is 2.16. The number of aromatic nitrogens is 3. The Balaban J connectivity index is 1.62. The molecule has 0 aliphatic heterocycles. The average Bonchev–Trinajstić information content (AvgIpc) is 3.51. The summed E-state index contributed by atoms with van der Waals surface area (Å²) in [7, 11) is 0. The standard InChI is InChI=1S/C27H31Cl2F3N4O4/c1-25(7-3-4-8-25)20(11-19(37)21-17(28)13-33-14-18(21)29)35-23(38)16-12-34-36(22(16)27(30,31)32)15-5-9-26(2,10-6-15)24(39)40/h12-15,20H,3-11H2,1-2H3,(H,35,38)(H,39,40). The molecule has 2 aliphatic carbocycles. The number of nitrogens with zero attached hydrogens (tertiary/aromatic N) is 3. The number of nitrogens with one attached hydrogen (secondary N) is 1. The van der Waals surface area contributed by atoms with Crippen LogP contribution in [0.1, 0.15) is 104 Å². The first-order valence-corrected chi connectivity index (χ1v) is 13.9. The Morgan fingerprint density at radius 2 is 1.65 bits per heavy atom. The minimum atomic E-state index is -4.89. The molecule has 1 unspecified atom stereocenters. The highest BCUT2D eigenvalue weighted by molar-refractivity contribution is 6.39. The number of carbonyl (C=O) groups is 3. The van der Waals surface area contributed by atoms with E-state index in [0.29, 0.717) is 12.8 Å². The van der Waals surface area contributed by atoms with Crippen LogP contribution in [0.4, 0.5) is 13.2 Å². The first-order chi connectivity index (χ1) is 18.7. The van der Waals surface area contributed by atoms with E-state index < -0.39 is 58.0 Å². The number of hydrogen-bond acceptors (Lipinski definition) is 5. The lowest BCUT2D eigenvalue weighted by Crippen LogP contribution is -2.47. The number of alkyl halides is 3. The molecule has 1 amide bonds. The highest BCUT2D eigenvalue weighted by Gasteiger charge is 2.46. The second kappa shape index (κ2) is 11.3. The molecule has 2 heterocycles. The Morgan fingerprint density at radius 1 is 1.07 bits per heavy atom. The molecule has 0 spiro atoms. The van der Waals surface area contributed by atoms with Crippen molar-refractivity contribution in [3.8, 4) is 0 Å². The lowest BCUT2D eigenvalue weighted by molar-refractivity contribution is -0.152. The van der Waals surface area contributed by atoms with E-state index in [1.54, 1.807) is 6.92 Å². The van der Waals surface area contributed by atoms with Crippen LogP contribution in [0.15, 0.2) is 18.6 Å². The Morgan fingerprint density at radius 3 is 2.17 bits per heavy atom. The van der Waals surface area contributed by atoms with Crippen LogP contribution < -0.4 is 5.32 Å². The van der Waals surface area contributed by atoms with Crippen LogP contribution in [0.2, 0.25) is 10.0 Å². The smallest absolute Gasteiger partial charge is 0.433 e. The van der Waals surface area contributed by atoms with Gasteiger partial charge in [0.2, 0.25) is 0 Å². The fraction of sp³-hybridized carbons (Fsp3) is 0.593. The zero-order chi connectivity index (χ0) is 29.5. The summed E-state index contributed by atoms with van der Waals surface area (Å²) in [5, 5.41) is 16.2. The average molecular weight is 603 g/mol. The van der Waals surface area contributed by atoms with Gasteiger partial charge in [-0.25, -0.2) is 0 Å². The summed E-state index contributed by atoms with van der Waals surface area (Å²) in [4.78, 5) is 42.1. The second-order valence-corrected chi connectivity index (χ2v) is 12.3. The van der Waals surface area contributed by atoms with Crippen molar-refractivity contribution in [3.63, 3.8) is 0 Å². The van der Waals surface area contributed by atoms with Crippen molar-refractivity contribution in [1.29, 1.82) is 0 Å². The van der Waals surface area contributed by atoms with Gasteiger partial charge in [-0.1, -0.05) is 43.0 Å². The van der Waals surface area contributed by atoms with Crippen LogP contribution in [0, 0.1) is 10.8 Å². The Labute approximate surface area is 239 Å². The highest BCUT2D eigenvalue weighted by atomic mass is 35.5. The second-order valence-electron chi connectivity index (χ2n) is 11.4. The predicted molar refractivity (Wildman–Crippen MR) is 142 cm³/mol. The van der Waals surface area contributed by atoms with Gasteiger partial charge in [-0.3, -0.25) is 24.0 Å². The molecule has 218 valence electrons. The number of rotatable bonds is 8. The minimum absolute atomic E-state index is 0.0475. The van der Waals surface area contributed by atoms with E-state index in [2.05, 4.69) is 15.4 Å². The van der Waals surface area contributed by atoms with Crippen LogP contribution in [0.3, 0.4) is 0 Å². The number of halogens is 5. The zero-order valence-corrected chi connectivity index (χ0v) is 23.7. The third kappa shape index (κ3) is 6.00. The van der Waals surface area contributed by atoms with Gasteiger partial charge in [0.1, 0.15) is 0 Å². The predicted octanol–water partition coefficient (Wildman–Crippen LogP) is 6.76. The number of ketones is 1. The molecule has 2 aromatic heterocycles. The van der Waals surface area contributed by atoms with Crippen LogP contribution in [0.5, 0.6) is 0 Å². The number of Topliss-reactive ketones (excluding diaryl/α,β-unsaturated/α-hetero) is 1. The van der Waals surface area contributed by atoms with Gasteiger partial charge in [0.15, 0.2) is 11.5 Å². The fourth-order valence-corrected chi connectivity index (χ4v) is 6.57. The summed E-state index contributed by atoms with van der Waals surface area (Å²) >= 11 is 12.3. The largest absolute Gasteiger partial charge is 0.481 e. The number of carboxylic acids is 1. The number of pyridine rings is 1. The summed E-state index contributed by atoms with van der Waals surface area (Å²) in [5.74, 6) is -2.42. The molecule has 13 heteroatoms.